The van der Waals surface area contributed by atoms with E-state index in [1.54, 1.807) is 20.8 Å². The summed E-state index contributed by atoms with van der Waals surface area (Å²) in [5.41, 5.74) is -2.41. The summed E-state index contributed by atoms with van der Waals surface area (Å²) in [5, 5.41) is 12.2. The molecule has 3 heterocycles. The zero-order chi connectivity index (χ0) is 42.4. The number of fused-ring (bicyclic) bond motifs is 2. The van der Waals surface area contributed by atoms with Crippen LogP contribution in [0.4, 0.5) is 5.69 Å². The van der Waals surface area contributed by atoms with Gasteiger partial charge in [-0.2, -0.15) is 0 Å². The summed E-state index contributed by atoms with van der Waals surface area (Å²) in [4.78, 5) is 26.1. The van der Waals surface area contributed by atoms with Crippen LogP contribution in [0.5, 0.6) is 0 Å². The van der Waals surface area contributed by atoms with Gasteiger partial charge in [0.05, 0.1) is 17.6 Å². The second-order valence-electron chi connectivity index (χ2n) is 10.0. The predicted molar refractivity (Wildman–Crippen MR) is 153 cm³/mol. The van der Waals surface area contributed by atoms with Gasteiger partial charge in [-0.15, -0.1) is 0 Å². The standard InChI is InChI=1S/C33H34N2O5/c1-33(2,3)40-32(38)21-8-11-24(31(36)37)27(18-21)30-25-12-9-22(34-14-4-5-15-34)19-28(25)39-29-20-23(10-13-26(29)30)35-16-6-7-17-35/h8-13,18-20H,4-7,14-17H2,1-3H3/i4D2,5D2,6D2,7D2,14D2,15D2,16D2,17D2. The molecule has 3 aliphatic heterocycles. The minimum atomic E-state index is -3.41. The smallest absolute Gasteiger partial charge is 0.338 e. The number of aromatic carboxylic acids is 1. The van der Waals surface area contributed by atoms with Crippen LogP contribution in [0, 0.1) is 0 Å². The second-order valence-corrected chi connectivity index (χ2v) is 10.0. The first kappa shape index (κ1) is 13.5. The summed E-state index contributed by atoms with van der Waals surface area (Å²) in [6.07, 6.45) is -13.6. The first-order chi connectivity index (χ1) is 25.2. The number of carboxylic acid groups (broad SMARTS) is 1. The topological polar surface area (TPSA) is 85.8 Å². The number of carbonyl (C=O) groups excluding carboxylic acids is 2. The lowest BCUT2D eigenvalue weighted by atomic mass is 9.89. The number of carbonyl (C=O) groups is 2. The van der Waals surface area contributed by atoms with Crippen LogP contribution in [0.15, 0.2) is 59.0 Å². The van der Waals surface area contributed by atoms with Crippen LogP contribution in [-0.4, -0.2) is 43.5 Å². The summed E-state index contributed by atoms with van der Waals surface area (Å²) in [7, 11) is 0. The van der Waals surface area contributed by atoms with E-state index in [4.69, 9.17) is 31.1 Å². The Morgan fingerprint density at radius 2 is 1.70 bits per heavy atom. The average Bonchev–Trinajstić information content (AvgIpc) is 3.17. The first-order valence-corrected chi connectivity index (χ1v) is 12.2. The number of benzene rings is 3. The second kappa shape index (κ2) is 10.1. The van der Waals surface area contributed by atoms with E-state index in [0.717, 1.165) is 30.3 Å². The van der Waals surface area contributed by atoms with Gasteiger partial charge in [0.25, 0.3) is 0 Å². The molecule has 2 fully saturated rings. The molecule has 2 aromatic carbocycles. The van der Waals surface area contributed by atoms with Gasteiger partial charge in [0.2, 0.25) is 5.36 Å². The van der Waals surface area contributed by atoms with E-state index in [-0.39, 0.29) is 48.5 Å². The van der Waals surface area contributed by atoms with Crippen molar-refractivity contribution in [3.8, 4) is 22.5 Å². The van der Waals surface area contributed by atoms with Crippen LogP contribution in [0.3, 0.4) is 0 Å². The molecule has 6 rings (SSSR count). The fraction of sp³-hybridized carbons (Fsp3) is 0.364. The van der Waals surface area contributed by atoms with Crippen molar-refractivity contribution < 1.29 is 45.8 Å². The van der Waals surface area contributed by atoms with Gasteiger partial charge < -0.3 is 24.0 Å². The number of hydrogen-bond donors (Lipinski definition) is 0. The van der Waals surface area contributed by atoms with E-state index in [2.05, 4.69) is 0 Å². The lowest BCUT2D eigenvalue weighted by Crippen LogP contribution is -2.26. The summed E-state index contributed by atoms with van der Waals surface area (Å²) in [5.74, 6) is -2.84. The molecule has 40 heavy (non-hydrogen) atoms. The molecule has 4 aliphatic rings. The Kier molecular flexibility index (Phi) is 3.41. The molecule has 0 N–H and O–H groups in total. The largest absolute Gasteiger partial charge is 0.545 e. The molecular weight excluding hydrogens is 504 g/mol. The Morgan fingerprint density at radius 3 is 2.40 bits per heavy atom. The maximum Gasteiger partial charge on any atom is 0.338 e. The van der Waals surface area contributed by atoms with Gasteiger partial charge in [-0.05, 0) is 69.4 Å². The Bertz CT molecular complexity index is 2330. The Labute approximate surface area is 256 Å². The quantitative estimate of drug-likeness (QED) is 0.207. The van der Waals surface area contributed by atoms with Crippen molar-refractivity contribution in [1.82, 2.24) is 4.58 Å². The van der Waals surface area contributed by atoms with Crippen LogP contribution in [-0.2, 0) is 4.74 Å². The molecule has 7 heteroatoms. The molecule has 1 aliphatic carbocycles. The minimum absolute atomic E-state index is 0.0137. The molecule has 7 nitrogen and oxygen atoms in total. The van der Waals surface area contributed by atoms with Crippen molar-refractivity contribution in [3.63, 3.8) is 0 Å². The molecule has 0 saturated carbocycles. The lowest BCUT2D eigenvalue weighted by Gasteiger charge is -2.22. The van der Waals surface area contributed by atoms with Gasteiger partial charge in [0, 0.05) is 82.1 Å². The molecule has 2 saturated heterocycles. The van der Waals surface area contributed by atoms with Crippen molar-refractivity contribution in [2.24, 2.45) is 0 Å². The van der Waals surface area contributed by atoms with Gasteiger partial charge in [0.15, 0.2) is 0 Å². The molecule has 0 spiro atoms. The van der Waals surface area contributed by atoms with Crippen LogP contribution < -0.4 is 19.9 Å². The SMILES string of the molecule is [2H]C1([2H])N(c2ccc3c(-c4cc(C(=O)OC(C)(C)C)ccc4C(=O)[O-])c4ccc(=[N+]5C([2H])([2H])C([2H])([2H])C([2H])([2H])C5([2H])[2H])cc-4oc3c2)C([2H])([2H])C([2H])([2H])C1([2H])[2H]. The van der Waals surface area contributed by atoms with Gasteiger partial charge in [-0.1, -0.05) is 6.07 Å². The molecule has 206 valence electrons. The highest BCUT2D eigenvalue weighted by molar-refractivity contribution is 6.08. The van der Waals surface area contributed by atoms with Crippen LogP contribution in [0.2, 0.25) is 0 Å². The normalized spacial score (nSPS) is 31.8. The van der Waals surface area contributed by atoms with Crippen molar-refractivity contribution in [1.29, 1.82) is 0 Å². The molecule has 0 unspecified atom stereocenters. The third-order valence-corrected chi connectivity index (χ3v) is 6.14. The molecule has 0 radical (unpaired) electrons. The number of ether oxygens (including phenoxy) is 1. The summed E-state index contributed by atoms with van der Waals surface area (Å²) in [6, 6.07) is 10.3. The summed E-state index contributed by atoms with van der Waals surface area (Å²) in [6.45, 7) is -8.41. The molecule has 0 aromatic heterocycles. The third-order valence-electron chi connectivity index (χ3n) is 6.14. The van der Waals surface area contributed by atoms with Crippen molar-refractivity contribution >= 4 is 28.6 Å². The van der Waals surface area contributed by atoms with Crippen LogP contribution in [0.1, 0.15) is 88.9 Å². The van der Waals surface area contributed by atoms with E-state index in [0.29, 0.717) is 0 Å². The number of carboxylic acids is 1. The fourth-order valence-corrected chi connectivity index (χ4v) is 4.48. The van der Waals surface area contributed by atoms with Crippen molar-refractivity contribution in [2.45, 2.75) is 51.9 Å². The lowest BCUT2D eigenvalue weighted by molar-refractivity contribution is -0.254. The Balaban J connectivity index is 1.76. The number of esters is 1. The van der Waals surface area contributed by atoms with Crippen molar-refractivity contribution in [3.05, 3.63) is 71.1 Å². The first-order valence-electron chi connectivity index (χ1n) is 20.2. The predicted octanol–water partition coefficient (Wildman–Crippen LogP) is 4.69. The highest BCUT2D eigenvalue weighted by Crippen LogP contribution is 2.42. The molecule has 0 bridgehead atoms. The average molecular weight is 555 g/mol. The maximum atomic E-state index is 13.2. The van der Waals surface area contributed by atoms with E-state index >= 15 is 0 Å². The van der Waals surface area contributed by atoms with Crippen LogP contribution >= 0.6 is 0 Å². The summed E-state index contributed by atoms with van der Waals surface area (Å²) < 4.78 is 146. The number of hydrogen-bond acceptors (Lipinski definition) is 6. The van der Waals surface area contributed by atoms with E-state index < -0.39 is 85.6 Å². The number of anilines is 1. The molecule has 0 amide bonds. The zero-order valence-corrected chi connectivity index (χ0v) is 21.6. The van der Waals surface area contributed by atoms with Gasteiger partial charge >= 0.3 is 5.97 Å². The molecule has 2 aromatic rings. The van der Waals surface area contributed by atoms with Gasteiger partial charge in [-0.3, -0.25) is 0 Å². The third kappa shape index (κ3) is 4.96. The monoisotopic (exact) mass is 554 g/mol. The van der Waals surface area contributed by atoms with Gasteiger partial charge in [-0.25, -0.2) is 9.37 Å². The Hall–Kier alpha value is -4.13. The Morgan fingerprint density at radius 1 is 0.950 bits per heavy atom. The van der Waals surface area contributed by atoms with E-state index in [1.165, 1.54) is 24.3 Å². The maximum absolute atomic E-state index is 13.2. The van der Waals surface area contributed by atoms with E-state index in [9.17, 15) is 14.7 Å². The van der Waals surface area contributed by atoms with E-state index in [1.807, 2.05) is 0 Å². The minimum Gasteiger partial charge on any atom is -0.545 e. The van der Waals surface area contributed by atoms with Crippen molar-refractivity contribution in [2.75, 3.05) is 30.9 Å². The fourth-order valence-electron chi connectivity index (χ4n) is 4.48. The highest BCUT2D eigenvalue weighted by atomic mass is 16.6. The number of rotatable bonds is 4. The van der Waals surface area contributed by atoms with Gasteiger partial charge in [0.1, 0.15) is 35.4 Å². The van der Waals surface area contributed by atoms with Crippen LogP contribution in [0.25, 0.3) is 33.4 Å². The molecule has 0 atom stereocenters. The zero-order valence-electron chi connectivity index (χ0n) is 37.6. The highest BCUT2D eigenvalue weighted by Gasteiger charge is 2.25. The molecular formula is C33H34N2O5. The number of nitrogens with zero attached hydrogens (tertiary/aromatic N) is 2. The summed E-state index contributed by atoms with van der Waals surface area (Å²) >= 11 is 0.